The fourth-order valence-electron chi connectivity index (χ4n) is 2.35. The van der Waals surface area contributed by atoms with Crippen LogP contribution in [-0.2, 0) is 9.59 Å². The Labute approximate surface area is 117 Å². The standard InChI is InChI=1S/C12H20N2O2S2/c1-9-5-3-7-11(15)13(9)17-18-14-10(2)6-4-8-12(14)16/h9-10H,3-8H2,1-2H3. The molecule has 18 heavy (non-hydrogen) atoms. The largest absolute Gasteiger partial charge is 0.274 e. The molecule has 0 saturated carbocycles. The Kier molecular flexibility index (Phi) is 4.84. The molecule has 2 saturated heterocycles. The molecular weight excluding hydrogens is 268 g/mol. The van der Waals surface area contributed by atoms with Crippen molar-refractivity contribution in [3.05, 3.63) is 0 Å². The van der Waals surface area contributed by atoms with E-state index in [1.54, 1.807) is 0 Å². The van der Waals surface area contributed by atoms with Gasteiger partial charge in [-0.3, -0.25) is 18.2 Å². The molecule has 2 heterocycles. The maximum Gasteiger partial charge on any atom is 0.233 e. The van der Waals surface area contributed by atoms with E-state index in [9.17, 15) is 9.59 Å². The highest BCUT2D eigenvalue weighted by Gasteiger charge is 2.30. The minimum absolute atomic E-state index is 0.198. The number of rotatable bonds is 3. The lowest BCUT2D eigenvalue weighted by Gasteiger charge is -2.35. The highest BCUT2D eigenvalue weighted by Crippen LogP contribution is 2.38. The highest BCUT2D eigenvalue weighted by atomic mass is 33.1. The zero-order valence-electron chi connectivity index (χ0n) is 10.9. The summed E-state index contributed by atoms with van der Waals surface area (Å²) in [7, 11) is 2.87. The molecule has 102 valence electrons. The van der Waals surface area contributed by atoms with Gasteiger partial charge in [0.15, 0.2) is 0 Å². The third-order valence-electron chi connectivity index (χ3n) is 3.51. The van der Waals surface area contributed by atoms with E-state index in [2.05, 4.69) is 13.8 Å². The Morgan fingerprint density at radius 1 is 0.889 bits per heavy atom. The van der Waals surface area contributed by atoms with Gasteiger partial charge in [0.25, 0.3) is 0 Å². The van der Waals surface area contributed by atoms with Gasteiger partial charge in [-0.1, -0.05) is 0 Å². The Morgan fingerprint density at radius 3 is 1.61 bits per heavy atom. The van der Waals surface area contributed by atoms with Crippen LogP contribution in [0.1, 0.15) is 52.4 Å². The van der Waals surface area contributed by atoms with Crippen LogP contribution in [0.15, 0.2) is 0 Å². The molecule has 2 fully saturated rings. The van der Waals surface area contributed by atoms with E-state index in [4.69, 9.17) is 0 Å². The molecule has 0 bridgehead atoms. The maximum absolute atomic E-state index is 11.8. The summed E-state index contributed by atoms with van der Waals surface area (Å²) in [5, 5.41) is 0. The maximum atomic E-state index is 11.8. The van der Waals surface area contributed by atoms with Crippen molar-refractivity contribution in [2.45, 2.75) is 64.5 Å². The zero-order valence-corrected chi connectivity index (χ0v) is 12.6. The fourth-order valence-corrected chi connectivity index (χ4v) is 5.15. The van der Waals surface area contributed by atoms with Crippen molar-refractivity contribution >= 4 is 33.8 Å². The Morgan fingerprint density at radius 2 is 1.28 bits per heavy atom. The SMILES string of the molecule is CC1CCCC(=O)N1SSN1C(=O)CCCC1C. The summed E-state index contributed by atoms with van der Waals surface area (Å²) in [6.07, 6.45) is 5.37. The molecular formula is C12H20N2O2S2. The average molecular weight is 288 g/mol. The van der Waals surface area contributed by atoms with Crippen molar-refractivity contribution in [2.24, 2.45) is 0 Å². The summed E-state index contributed by atoms with van der Waals surface area (Å²) < 4.78 is 3.67. The molecule has 0 aliphatic carbocycles. The molecule has 2 aliphatic rings. The van der Waals surface area contributed by atoms with Crippen molar-refractivity contribution in [1.29, 1.82) is 0 Å². The van der Waals surface area contributed by atoms with E-state index in [1.165, 1.54) is 22.0 Å². The number of carbonyl (C=O) groups excluding carboxylic acids is 2. The molecule has 0 radical (unpaired) electrons. The van der Waals surface area contributed by atoms with Gasteiger partial charge in [0.2, 0.25) is 11.8 Å². The van der Waals surface area contributed by atoms with Gasteiger partial charge in [0, 0.05) is 46.9 Å². The predicted molar refractivity (Wildman–Crippen MR) is 75.5 cm³/mol. The van der Waals surface area contributed by atoms with Crippen LogP contribution < -0.4 is 0 Å². The van der Waals surface area contributed by atoms with Crippen LogP contribution in [0.25, 0.3) is 0 Å². The molecule has 6 heteroatoms. The third-order valence-corrected chi connectivity index (χ3v) is 6.19. The van der Waals surface area contributed by atoms with E-state index in [-0.39, 0.29) is 23.9 Å². The molecule has 2 rings (SSSR count). The molecule has 2 amide bonds. The third kappa shape index (κ3) is 3.15. The minimum atomic E-state index is 0.198. The summed E-state index contributed by atoms with van der Waals surface area (Å²) in [6, 6.07) is 0.554. The number of piperidine rings is 2. The van der Waals surface area contributed by atoms with Crippen LogP contribution in [0.4, 0.5) is 0 Å². The molecule has 2 atom stereocenters. The smallest absolute Gasteiger partial charge is 0.233 e. The van der Waals surface area contributed by atoms with E-state index in [0.717, 1.165) is 25.7 Å². The van der Waals surface area contributed by atoms with Crippen molar-refractivity contribution in [2.75, 3.05) is 0 Å². The Hall–Kier alpha value is -0.360. The van der Waals surface area contributed by atoms with Gasteiger partial charge in [-0.25, -0.2) is 0 Å². The van der Waals surface area contributed by atoms with Crippen LogP contribution in [-0.4, -0.2) is 32.5 Å². The lowest BCUT2D eigenvalue weighted by Crippen LogP contribution is -2.39. The first-order valence-corrected chi connectivity index (χ1v) is 8.65. The fraction of sp³-hybridized carbons (Fsp3) is 0.833. The lowest BCUT2D eigenvalue weighted by molar-refractivity contribution is -0.130. The molecule has 0 spiro atoms. The zero-order chi connectivity index (χ0) is 13.1. The predicted octanol–water partition coefficient (Wildman–Crippen LogP) is 3.00. The minimum Gasteiger partial charge on any atom is -0.274 e. The first-order chi connectivity index (χ1) is 8.59. The number of hydrogen-bond donors (Lipinski definition) is 0. The van der Waals surface area contributed by atoms with Crippen LogP contribution in [0, 0.1) is 0 Å². The Bertz CT molecular complexity index is 306. The number of amides is 2. The topological polar surface area (TPSA) is 40.6 Å². The molecule has 2 aliphatic heterocycles. The summed E-state index contributed by atoms with van der Waals surface area (Å²) in [5.74, 6) is 0.395. The second-order valence-electron chi connectivity index (χ2n) is 5.07. The second kappa shape index (κ2) is 6.19. The quantitative estimate of drug-likeness (QED) is 0.591. The Balaban J connectivity index is 1.89. The molecule has 0 aromatic rings. The van der Waals surface area contributed by atoms with Crippen LogP contribution in [0.3, 0.4) is 0 Å². The van der Waals surface area contributed by atoms with Gasteiger partial charge >= 0.3 is 0 Å². The van der Waals surface area contributed by atoms with E-state index < -0.39 is 0 Å². The number of carbonyl (C=O) groups is 2. The van der Waals surface area contributed by atoms with E-state index in [0.29, 0.717) is 12.8 Å². The summed E-state index contributed by atoms with van der Waals surface area (Å²) >= 11 is 0. The summed E-state index contributed by atoms with van der Waals surface area (Å²) in [6.45, 7) is 4.15. The first-order valence-electron chi connectivity index (χ1n) is 6.58. The summed E-state index contributed by atoms with van der Waals surface area (Å²) in [5.41, 5.74) is 0. The number of hydrogen-bond acceptors (Lipinski definition) is 4. The molecule has 4 nitrogen and oxygen atoms in total. The molecule has 0 N–H and O–H groups in total. The average Bonchev–Trinajstić information content (AvgIpc) is 2.31. The van der Waals surface area contributed by atoms with Crippen molar-refractivity contribution in [3.8, 4) is 0 Å². The van der Waals surface area contributed by atoms with Crippen molar-refractivity contribution < 1.29 is 9.59 Å². The van der Waals surface area contributed by atoms with E-state index in [1.807, 2.05) is 8.61 Å². The molecule has 2 unspecified atom stereocenters. The highest BCUT2D eigenvalue weighted by molar-refractivity contribution is 8.75. The van der Waals surface area contributed by atoms with E-state index >= 15 is 0 Å². The van der Waals surface area contributed by atoms with Gasteiger partial charge in [0.1, 0.15) is 0 Å². The van der Waals surface area contributed by atoms with Gasteiger partial charge in [-0.2, -0.15) is 0 Å². The summed E-state index contributed by atoms with van der Waals surface area (Å²) in [4.78, 5) is 23.7. The van der Waals surface area contributed by atoms with Crippen LogP contribution in [0.5, 0.6) is 0 Å². The normalized spacial score (nSPS) is 29.9. The van der Waals surface area contributed by atoms with Crippen LogP contribution in [0.2, 0.25) is 0 Å². The molecule has 0 aromatic heterocycles. The monoisotopic (exact) mass is 288 g/mol. The van der Waals surface area contributed by atoms with Crippen molar-refractivity contribution in [3.63, 3.8) is 0 Å². The lowest BCUT2D eigenvalue weighted by atomic mass is 10.1. The molecule has 0 aromatic carbocycles. The van der Waals surface area contributed by atoms with Gasteiger partial charge < -0.3 is 0 Å². The van der Waals surface area contributed by atoms with Crippen molar-refractivity contribution in [1.82, 2.24) is 8.61 Å². The second-order valence-corrected chi connectivity index (χ2v) is 7.05. The number of nitrogens with zero attached hydrogens (tertiary/aromatic N) is 2. The van der Waals surface area contributed by atoms with Gasteiger partial charge in [0.05, 0.1) is 0 Å². The van der Waals surface area contributed by atoms with Crippen LogP contribution >= 0.6 is 22.0 Å². The first kappa shape index (κ1) is 14.1. The van der Waals surface area contributed by atoms with Gasteiger partial charge in [-0.15, -0.1) is 0 Å². The van der Waals surface area contributed by atoms with Gasteiger partial charge in [-0.05, 0) is 39.5 Å².